The van der Waals surface area contributed by atoms with Crippen LogP contribution in [-0.2, 0) is 16.0 Å². The number of hydrogen-bond donors (Lipinski definition) is 3. The van der Waals surface area contributed by atoms with Gasteiger partial charge >= 0.3 is 0 Å². The molecule has 1 aromatic carbocycles. The molecular formula is C17H28N4O2. The third kappa shape index (κ3) is 9.52. The van der Waals surface area contributed by atoms with Crippen LogP contribution in [0.1, 0.15) is 18.9 Å². The normalized spacial score (nSPS) is 11.1. The van der Waals surface area contributed by atoms with Gasteiger partial charge in [-0.05, 0) is 25.3 Å². The zero-order valence-electron chi connectivity index (χ0n) is 14.1. The number of hydrogen-bond acceptors (Lipinski definition) is 3. The average molecular weight is 320 g/mol. The second-order valence-electron chi connectivity index (χ2n) is 5.05. The Morgan fingerprint density at radius 3 is 2.61 bits per heavy atom. The van der Waals surface area contributed by atoms with Gasteiger partial charge in [-0.25, -0.2) is 4.99 Å². The number of rotatable bonds is 10. The van der Waals surface area contributed by atoms with Crippen molar-refractivity contribution >= 4 is 11.9 Å². The molecule has 1 rings (SSSR count). The number of nitrogens with zero attached hydrogens (tertiary/aromatic N) is 1. The first-order chi connectivity index (χ1) is 11.3. The van der Waals surface area contributed by atoms with Crippen LogP contribution in [0.2, 0.25) is 0 Å². The Kier molecular flexibility index (Phi) is 10.3. The first-order valence-corrected chi connectivity index (χ1v) is 8.08. The lowest BCUT2D eigenvalue weighted by Crippen LogP contribution is -2.39. The molecule has 0 aliphatic rings. The van der Waals surface area contributed by atoms with E-state index in [0.29, 0.717) is 19.1 Å². The SMILES string of the molecule is CCNC(=NCC(=O)NCCc1ccccc1)NCCCOC. The third-order valence-corrected chi connectivity index (χ3v) is 3.12. The fraction of sp³-hybridized carbons (Fsp3) is 0.529. The van der Waals surface area contributed by atoms with E-state index in [-0.39, 0.29) is 12.5 Å². The molecule has 0 aromatic heterocycles. The maximum absolute atomic E-state index is 11.8. The molecule has 0 unspecified atom stereocenters. The summed E-state index contributed by atoms with van der Waals surface area (Å²) in [6.45, 7) is 4.95. The summed E-state index contributed by atoms with van der Waals surface area (Å²) in [6, 6.07) is 10.1. The second kappa shape index (κ2) is 12.5. The van der Waals surface area contributed by atoms with Gasteiger partial charge in [0, 0.05) is 33.4 Å². The Morgan fingerprint density at radius 1 is 1.13 bits per heavy atom. The van der Waals surface area contributed by atoms with Gasteiger partial charge in [-0.1, -0.05) is 30.3 Å². The zero-order chi connectivity index (χ0) is 16.8. The maximum atomic E-state index is 11.8. The van der Waals surface area contributed by atoms with E-state index in [1.54, 1.807) is 7.11 Å². The van der Waals surface area contributed by atoms with Gasteiger partial charge in [-0.15, -0.1) is 0 Å². The van der Waals surface area contributed by atoms with Crippen molar-refractivity contribution in [2.75, 3.05) is 39.9 Å². The van der Waals surface area contributed by atoms with Crippen LogP contribution in [0.4, 0.5) is 0 Å². The summed E-state index contributed by atoms with van der Waals surface area (Å²) >= 11 is 0. The molecule has 0 fully saturated rings. The maximum Gasteiger partial charge on any atom is 0.241 e. The second-order valence-corrected chi connectivity index (χ2v) is 5.05. The standard InChI is InChI=1S/C17H28N4O2/c1-3-18-17(20-11-7-13-23-2)21-14-16(22)19-12-10-15-8-5-4-6-9-15/h4-6,8-9H,3,7,10-14H2,1-2H3,(H,19,22)(H2,18,20,21). The van der Waals surface area contributed by atoms with Gasteiger partial charge in [0.25, 0.3) is 0 Å². The van der Waals surface area contributed by atoms with Crippen LogP contribution < -0.4 is 16.0 Å². The topological polar surface area (TPSA) is 74.8 Å². The number of guanidine groups is 1. The molecule has 0 atom stereocenters. The van der Waals surface area contributed by atoms with Gasteiger partial charge < -0.3 is 20.7 Å². The van der Waals surface area contributed by atoms with Gasteiger partial charge in [0.1, 0.15) is 6.54 Å². The Labute approximate surface area is 138 Å². The van der Waals surface area contributed by atoms with E-state index in [1.165, 1.54) is 5.56 Å². The minimum absolute atomic E-state index is 0.0741. The van der Waals surface area contributed by atoms with Crippen LogP contribution in [0, 0.1) is 0 Å². The number of amides is 1. The Bertz CT molecular complexity index is 463. The van der Waals surface area contributed by atoms with Crippen LogP contribution >= 0.6 is 0 Å². The van der Waals surface area contributed by atoms with Crippen molar-refractivity contribution in [3.05, 3.63) is 35.9 Å². The number of carbonyl (C=O) groups is 1. The molecule has 0 radical (unpaired) electrons. The lowest BCUT2D eigenvalue weighted by atomic mass is 10.1. The molecule has 0 saturated carbocycles. The molecule has 1 amide bonds. The van der Waals surface area contributed by atoms with E-state index in [2.05, 4.69) is 33.1 Å². The molecule has 128 valence electrons. The summed E-state index contributed by atoms with van der Waals surface area (Å²) in [4.78, 5) is 16.1. The molecule has 1 aromatic rings. The summed E-state index contributed by atoms with van der Waals surface area (Å²) in [5, 5.41) is 9.17. The first-order valence-electron chi connectivity index (χ1n) is 8.08. The Hall–Kier alpha value is -2.08. The number of carbonyl (C=O) groups excluding carboxylic acids is 1. The van der Waals surface area contributed by atoms with E-state index in [9.17, 15) is 4.79 Å². The summed E-state index contributed by atoms with van der Waals surface area (Å²) in [5.74, 6) is 0.580. The van der Waals surface area contributed by atoms with Crippen molar-refractivity contribution in [3.8, 4) is 0 Å². The highest BCUT2D eigenvalue weighted by Crippen LogP contribution is 1.97. The van der Waals surface area contributed by atoms with Crippen molar-refractivity contribution in [1.82, 2.24) is 16.0 Å². The van der Waals surface area contributed by atoms with Crippen molar-refractivity contribution in [3.63, 3.8) is 0 Å². The van der Waals surface area contributed by atoms with E-state index >= 15 is 0 Å². The van der Waals surface area contributed by atoms with Crippen LogP contribution in [0.3, 0.4) is 0 Å². The molecule has 0 aliphatic carbocycles. The molecule has 6 nitrogen and oxygen atoms in total. The van der Waals surface area contributed by atoms with E-state index < -0.39 is 0 Å². The number of aliphatic imine (C=N–C) groups is 1. The number of ether oxygens (including phenoxy) is 1. The van der Waals surface area contributed by atoms with Crippen LogP contribution in [0.5, 0.6) is 0 Å². The van der Waals surface area contributed by atoms with Crippen molar-refractivity contribution in [2.45, 2.75) is 19.8 Å². The lowest BCUT2D eigenvalue weighted by molar-refractivity contribution is -0.119. The summed E-state index contributed by atoms with van der Waals surface area (Å²) in [7, 11) is 1.68. The number of methoxy groups -OCH3 is 1. The minimum Gasteiger partial charge on any atom is -0.385 e. The van der Waals surface area contributed by atoms with Crippen LogP contribution in [-0.4, -0.2) is 51.8 Å². The zero-order valence-corrected chi connectivity index (χ0v) is 14.1. The summed E-state index contributed by atoms with van der Waals surface area (Å²) in [5.41, 5.74) is 1.21. The van der Waals surface area contributed by atoms with E-state index in [1.807, 2.05) is 25.1 Å². The fourth-order valence-corrected chi connectivity index (χ4v) is 1.96. The molecule has 0 bridgehead atoms. The van der Waals surface area contributed by atoms with Crippen molar-refractivity contribution in [1.29, 1.82) is 0 Å². The van der Waals surface area contributed by atoms with Gasteiger partial charge in [0.15, 0.2) is 5.96 Å². The average Bonchev–Trinajstić information content (AvgIpc) is 2.57. The van der Waals surface area contributed by atoms with Gasteiger partial charge in [-0.2, -0.15) is 0 Å². The summed E-state index contributed by atoms with van der Waals surface area (Å²) in [6.07, 6.45) is 1.72. The Balaban J connectivity index is 2.26. The largest absolute Gasteiger partial charge is 0.385 e. The number of nitrogens with one attached hydrogen (secondary N) is 3. The lowest BCUT2D eigenvalue weighted by Gasteiger charge is -2.11. The highest BCUT2D eigenvalue weighted by atomic mass is 16.5. The molecule has 6 heteroatoms. The van der Waals surface area contributed by atoms with E-state index in [0.717, 1.165) is 25.9 Å². The predicted octanol–water partition coefficient (Wildman–Crippen LogP) is 0.937. The smallest absolute Gasteiger partial charge is 0.241 e. The number of benzene rings is 1. The molecule has 0 heterocycles. The molecule has 23 heavy (non-hydrogen) atoms. The molecule has 0 spiro atoms. The van der Waals surface area contributed by atoms with Crippen LogP contribution in [0.25, 0.3) is 0 Å². The highest BCUT2D eigenvalue weighted by Gasteiger charge is 2.02. The highest BCUT2D eigenvalue weighted by molar-refractivity contribution is 5.84. The van der Waals surface area contributed by atoms with Gasteiger partial charge in [0.05, 0.1) is 0 Å². The van der Waals surface area contributed by atoms with Gasteiger partial charge in [0.2, 0.25) is 5.91 Å². The first kappa shape index (κ1) is 19.0. The molecule has 0 aliphatic heterocycles. The third-order valence-electron chi connectivity index (χ3n) is 3.12. The predicted molar refractivity (Wildman–Crippen MR) is 93.6 cm³/mol. The van der Waals surface area contributed by atoms with Crippen LogP contribution in [0.15, 0.2) is 35.3 Å². The summed E-state index contributed by atoms with van der Waals surface area (Å²) < 4.78 is 5.00. The van der Waals surface area contributed by atoms with Gasteiger partial charge in [-0.3, -0.25) is 4.79 Å². The fourth-order valence-electron chi connectivity index (χ4n) is 1.96. The molecular weight excluding hydrogens is 292 g/mol. The minimum atomic E-state index is -0.0741. The van der Waals surface area contributed by atoms with Crippen molar-refractivity contribution < 1.29 is 9.53 Å². The molecule has 0 saturated heterocycles. The Morgan fingerprint density at radius 2 is 1.91 bits per heavy atom. The van der Waals surface area contributed by atoms with E-state index in [4.69, 9.17) is 4.74 Å². The van der Waals surface area contributed by atoms with Crippen molar-refractivity contribution in [2.24, 2.45) is 4.99 Å². The molecule has 3 N–H and O–H groups in total. The quantitative estimate of drug-likeness (QED) is 0.341. The monoisotopic (exact) mass is 320 g/mol.